The van der Waals surface area contributed by atoms with Crippen molar-refractivity contribution in [3.05, 3.63) is 78.9 Å². The van der Waals surface area contributed by atoms with E-state index in [1.807, 2.05) is 65.2 Å². The minimum atomic E-state index is -3.66. The number of hydrogen-bond donors (Lipinski definition) is 1. The van der Waals surface area contributed by atoms with Gasteiger partial charge in [0, 0.05) is 34.5 Å². The molecule has 1 N–H and O–H groups in total. The number of carbonyl (C=O) groups is 1. The van der Waals surface area contributed by atoms with Crippen molar-refractivity contribution in [1.82, 2.24) is 19.1 Å². The van der Waals surface area contributed by atoms with Gasteiger partial charge in [-0.15, -0.1) is 10.2 Å². The number of nitrogens with one attached hydrogen (secondary N) is 1. The van der Waals surface area contributed by atoms with Crippen LogP contribution < -0.4 is 5.32 Å². The van der Waals surface area contributed by atoms with Gasteiger partial charge in [0.2, 0.25) is 15.9 Å². The summed E-state index contributed by atoms with van der Waals surface area (Å²) in [7, 11) is -3.66. The molecule has 1 aromatic heterocycles. The van der Waals surface area contributed by atoms with Gasteiger partial charge < -0.3 is 10.1 Å². The Hall–Kier alpha value is -3.16. The number of aromatic nitrogens is 3. The van der Waals surface area contributed by atoms with Gasteiger partial charge in [0.25, 0.3) is 0 Å². The molecular weight excluding hydrogens is 591 g/mol. The van der Waals surface area contributed by atoms with Crippen LogP contribution in [0.25, 0.3) is 11.4 Å². The summed E-state index contributed by atoms with van der Waals surface area (Å²) in [6.07, 6.45) is 0.806. The lowest BCUT2D eigenvalue weighted by molar-refractivity contribution is -0.113. The number of nitrogens with zero attached hydrogens (tertiary/aromatic N) is 4. The molecule has 1 aliphatic rings. The normalized spacial score (nSPS) is 14.9. The molecule has 1 amide bonds. The van der Waals surface area contributed by atoms with Crippen molar-refractivity contribution in [2.75, 3.05) is 37.4 Å². The van der Waals surface area contributed by atoms with E-state index in [1.54, 1.807) is 30.0 Å². The quantitative estimate of drug-likeness (QED) is 0.209. The summed E-state index contributed by atoms with van der Waals surface area (Å²) in [6.45, 7) is 5.54. The highest BCUT2D eigenvalue weighted by Gasteiger charge is 2.27. The molecular formula is C30H33N5O4S3. The summed E-state index contributed by atoms with van der Waals surface area (Å²) in [6, 6.07) is 24.6. The van der Waals surface area contributed by atoms with Crippen molar-refractivity contribution in [2.24, 2.45) is 0 Å². The summed E-state index contributed by atoms with van der Waals surface area (Å²) in [4.78, 5) is 15.3. The third kappa shape index (κ3) is 7.07. The fraction of sp³-hybridized carbons (Fsp3) is 0.300. The minimum absolute atomic E-state index is 0.0306. The van der Waals surface area contributed by atoms with E-state index in [9.17, 15) is 13.2 Å². The van der Waals surface area contributed by atoms with Crippen molar-refractivity contribution >= 4 is 45.1 Å². The summed E-state index contributed by atoms with van der Waals surface area (Å²) < 4.78 is 35.3. The van der Waals surface area contributed by atoms with E-state index in [0.29, 0.717) is 42.8 Å². The number of carbonyl (C=O) groups excluding carboxylic acids is 1. The minimum Gasteiger partial charge on any atom is -0.379 e. The predicted octanol–water partition coefficient (Wildman–Crippen LogP) is 5.82. The van der Waals surface area contributed by atoms with Gasteiger partial charge >= 0.3 is 0 Å². The molecule has 2 heterocycles. The first-order valence-corrected chi connectivity index (χ1v) is 17.0. The van der Waals surface area contributed by atoms with Gasteiger partial charge in [-0.1, -0.05) is 72.9 Å². The van der Waals surface area contributed by atoms with Gasteiger partial charge in [0.1, 0.15) is 0 Å². The van der Waals surface area contributed by atoms with E-state index in [1.165, 1.54) is 16.1 Å². The van der Waals surface area contributed by atoms with Crippen LogP contribution in [0.4, 0.5) is 5.69 Å². The maximum atomic E-state index is 13.3. The van der Waals surface area contributed by atoms with Crippen molar-refractivity contribution in [1.29, 1.82) is 0 Å². The fourth-order valence-corrected chi connectivity index (χ4v) is 7.69. The highest BCUT2D eigenvalue weighted by molar-refractivity contribution is 8.00. The van der Waals surface area contributed by atoms with E-state index in [-0.39, 0.29) is 22.6 Å². The molecule has 3 aromatic carbocycles. The second-order valence-electron chi connectivity index (χ2n) is 9.73. The van der Waals surface area contributed by atoms with E-state index in [4.69, 9.17) is 4.74 Å². The Kier molecular flexibility index (Phi) is 10.0. The molecule has 0 radical (unpaired) electrons. The molecule has 0 spiro atoms. The topological polar surface area (TPSA) is 106 Å². The molecule has 0 aliphatic carbocycles. The Morgan fingerprint density at radius 3 is 2.50 bits per heavy atom. The Balaban J connectivity index is 1.33. The fourth-order valence-electron chi connectivity index (χ4n) is 4.47. The highest BCUT2D eigenvalue weighted by Crippen LogP contribution is 2.34. The summed E-state index contributed by atoms with van der Waals surface area (Å²) in [5.74, 6) is 0.556. The number of ether oxygens (including phenoxy) is 1. The summed E-state index contributed by atoms with van der Waals surface area (Å²) >= 11 is 2.90. The van der Waals surface area contributed by atoms with E-state index in [0.717, 1.165) is 21.9 Å². The van der Waals surface area contributed by atoms with E-state index in [2.05, 4.69) is 29.4 Å². The SMILES string of the molecule is CC[C@@H](C)n1c(SCC(=O)Nc2ccccc2Sc2ccccc2)nnc1-c1cccc(S(=O)(=O)N2CCOCC2)c1. The molecule has 1 atom stereocenters. The lowest BCUT2D eigenvalue weighted by Gasteiger charge is -2.26. The second kappa shape index (κ2) is 13.9. The second-order valence-corrected chi connectivity index (χ2v) is 13.7. The maximum absolute atomic E-state index is 13.3. The lowest BCUT2D eigenvalue weighted by atomic mass is 10.2. The number of benzene rings is 3. The van der Waals surface area contributed by atoms with Crippen LogP contribution in [0, 0.1) is 0 Å². The largest absolute Gasteiger partial charge is 0.379 e. The smallest absolute Gasteiger partial charge is 0.243 e. The molecule has 4 aromatic rings. The van der Waals surface area contributed by atoms with Crippen molar-refractivity contribution in [3.8, 4) is 11.4 Å². The molecule has 220 valence electrons. The van der Waals surface area contributed by atoms with Gasteiger partial charge in [-0.25, -0.2) is 8.42 Å². The van der Waals surface area contributed by atoms with E-state index < -0.39 is 10.0 Å². The number of rotatable bonds is 11. The predicted molar refractivity (Wildman–Crippen MR) is 166 cm³/mol. The van der Waals surface area contributed by atoms with Crippen molar-refractivity contribution in [3.63, 3.8) is 0 Å². The van der Waals surface area contributed by atoms with Crippen molar-refractivity contribution < 1.29 is 17.9 Å². The van der Waals surface area contributed by atoms with Crippen LogP contribution in [0.2, 0.25) is 0 Å². The number of amides is 1. The van der Waals surface area contributed by atoms with Crippen LogP contribution in [0.15, 0.2) is 98.7 Å². The number of thioether (sulfide) groups is 1. The molecule has 1 fully saturated rings. The molecule has 9 nitrogen and oxygen atoms in total. The zero-order chi connectivity index (χ0) is 29.5. The monoisotopic (exact) mass is 623 g/mol. The zero-order valence-electron chi connectivity index (χ0n) is 23.5. The van der Waals surface area contributed by atoms with Gasteiger partial charge in [-0.3, -0.25) is 9.36 Å². The first-order chi connectivity index (χ1) is 20.4. The van der Waals surface area contributed by atoms with Gasteiger partial charge in [0.05, 0.1) is 29.5 Å². The Bertz CT molecular complexity index is 1620. The summed E-state index contributed by atoms with van der Waals surface area (Å²) in [5, 5.41) is 12.5. The molecule has 12 heteroatoms. The number of anilines is 1. The Labute approximate surface area is 255 Å². The number of morpholine rings is 1. The van der Waals surface area contributed by atoms with Crippen LogP contribution in [0.3, 0.4) is 0 Å². The van der Waals surface area contributed by atoms with Crippen LogP contribution in [0.5, 0.6) is 0 Å². The molecule has 0 bridgehead atoms. The molecule has 1 saturated heterocycles. The standard InChI is InChI=1S/C30H33N5O4S3/c1-3-22(2)35-29(23-10-9-13-25(20-23)42(37,38)34-16-18-39-19-17-34)32-33-30(35)40-21-28(36)31-26-14-7-8-15-27(26)41-24-11-5-4-6-12-24/h4-15,20,22H,3,16-19,21H2,1-2H3,(H,31,36)/t22-/m1/s1. The van der Waals surface area contributed by atoms with Crippen LogP contribution >= 0.6 is 23.5 Å². The average Bonchev–Trinajstić information content (AvgIpc) is 3.46. The Morgan fingerprint density at radius 2 is 1.74 bits per heavy atom. The first-order valence-electron chi connectivity index (χ1n) is 13.7. The first kappa shape index (κ1) is 30.3. The maximum Gasteiger partial charge on any atom is 0.243 e. The number of hydrogen-bond acceptors (Lipinski definition) is 8. The van der Waals surface area contributed by atoms with Crippen LogP contribution in [-0.4, -0.2) is 65.5 Å². The number of para-hydroxylation sites is 1. The lowest BCUT2D eigenvalue weighted by Crippen LogP contribution is -2.40. The van der Waals surface area contributed by atoms with Gasteiger partial charge in [0.15, 0.2) is 11.0 Å². The average molecular weight is 624 g/mol. The van der Waals surface area contributed by atoms with Gasteiger partial charge in [-0.05, 0) is 49.7 Å². The zero-order valence-corrected chi connectivity index (χ0v) is 25.9. The third-order valence-electron chi connectivity index (χ3n) is 6.86. The molecule has 0 unspecified atom stereocenters. The third-order valence-corrected chi connectivity index (χ3v) is 10.8. The molecule has 5 rings (SSSR count). The Morgan fingerprint density at radius 1 is 1.00 bits per heavy atom. The number of sulfonamides is 1. The van der Waals surface area contributed by atoms with Crippen LogP contribution in [-0.2, 0) is 19.6 Å². The van der Waals surface area contributed by atoms with Crippen molar-refractivity contribution in [2.45, 2.75) is 46.2 Å². The van der Waals surface area contributed by atoms with Gasteiger partial charge in [-0.2, -0.15) is 4.31 Å². The molecule has 0 saturated carbocycles. The highest BCUT2D eigenvalue weighted by atomic mass is 32.2. The molecule has 42 heavy (non-hydrogen) atoms. The molecule has 1 aliphatic heterocycles. The summed E-state index contributed by atoms with van der Waals surface area (Å²) in [5.41, 5.74) is 1.40. The van der Waals surface area contributed by atoms with Crippen LogP contribution in [0.1, 0.15) is 26.3 Å². The van der Waals surface area contributed by atoms with E-state index >= 15 is 0 Å².